The van der Waals surface area contributed by atoms with Gasteiger partial charge >= 0.3 is 5.97 Å². The van der Waals surface area contributed by atoms with Crippen LogP contribution in [-0.2, 0) is 9.53 Å². The third-order valence-corrected chi connectivity index (χ3v) is 4.18. The highest BCUT2D eigenvalue weighted by molar-refractivity contribution is 6.02. The molecule has 0 radical (unpaired) electrons. The molecule has 2 aromatic rings. The Kier molecular flexibility index (Phi) is 5.29. The summed E-state index contributed by atoms with van der Waals surface area (Å²) in [7, 11) is 0. The van der Waals surface area contributed by atoms with Crippen LogP contribution in [0.25, 0.3) is 0 Å². The molecule has 0 unspecified atom stereocenters. The van der Waals surface area contributed by atoms with Crippen LogP contribution in [0.2, 0.25) is 0 Å². The largest absolute Gasteiger partial charge is 0.463 e. The average molecular weight is 334 g/mol. The van der Waals surface area contributed by atoms with Crippen LogP contribution in [0.15, 0.2) is 77.5 Å². The van der Waals surface area contributed by atoms with Gasteiger partial charge in [0, 0.05) is 18.2 Å². The van der Waals surface area contributed by atoms with Gasteiger partial charge < -0.3 is 4.74 Å². The second-order valence-corrected chi connectivity index (χ2v) is 5.93. The van der Waals surface area contributed by atoms with Crippen molar-refractivity contribution in [2.75, 3.05) is 6.61 Å². The summed E-state index contributed by atoms with van der Waals surface area (Å²) < 4.78 is 5.03. The summed E-state index contributed by atoms with van der Waals surface area (Å²) in [4.78, 5) is 11.8. The van der Waals surface area contributed by atoms with Crippen LogP contribution in [0.1, 0.15) is 37.4 Å². The van der Waals surface area contributed by atoms with Gasteiger partial charge in [-0.15, -0.1) is 0 Å². The van der Waals surface area contributed by atoms with E-state index in [1.54, 1.807) is 6.92 Å². The van der Waals surface area contributed by atoms with E-state index >= 15 is 0 Å². The van der Waals surface area contributed by atoms with Gasteiger partial charge in [0.05, 0.1) is 18.4 Å². The molecule has 3 rings (SSSR count). The molecule has 0 saturated heterocycles. The maximum Gasteiger partial charge on any atom is 0.332 e. The van der Waals surface area contributed by atoms with Gasteiger partial charge in [-0.1, -0.05) is 60.7 Å². The Balaban J connectivity index is 1.94. The molecule has 25 heavy (non-hydrogen) atoms. The number of esters is 1. The van der Waals surface area contributed by atoms with Crippen LogP contribution in [0.3, 0.4) is 0 Å². The molecule has 1 atom stereocenters. The monoisotopic (exact) mass is 334 g/mol. The maximum absolute atomic E-state index is 11.8. The second-order valence-electron chi connectivity index (χ2n) is 5.93. The minimum Gasteiger partial charge on any atom is -0.463 e. The van der Waals surface area contributed by atoms with Crippen molar-refractivity contribution < 1.29 is 9.53 Å². The van der Waals surface area contributed by atoms with Crippen LogP contribution in [0.5, 0.6) is 0 Å². The first kappa shape index (κ1) is 17.0. The zero-order chi connectivity index (χ0) is 17.6. The molecule has 1 heterocycles. The zero-order valence-electron chi connectivity index (χ0n) is 14.6. The van der Waals surface area contributed by atoms with Crippen molar-refractivity contribution >= 4 is 11.7 Å². The molecule has 1 aliphatic rings. The fraction of sp³-hybridized carbons (Fsp3) is 0.238. The van der Waals surface area contributed by atoms with Gasteiger partial charge in [0.25, 0.3) is 0 Å². The highest BCUT2D eigenvalue weighted by atomic mass is 16.5. The quantitative estimate of drug-likeness (QED) is 0.604. The number of rotatable bonds is 5. The number of hydrogen-bond donors (Lipinski definition) is 0. The molecule has 0 fully saturated rings. The molecule has 0 bridgehead atoms. The molecule has 0 amide bonds. The van der Waals surface area contributed by atoms with Crippen molar-refractivity contribution in [3.8, 4) is 0 Å². The molecule has 0 N–H and O–H groups in total. The van der Waals surface area contributed by atoms with Gasteiger partial charge in [0.15, 0.2) is 0 Å². The fourth-order valence-electron chi connectivity index (χ4n) is 3.00. The predicted octanol–water partition coefficient (Wildman–Crippen LogP) is 4.30. The van der Waals surface area contributed by atoms with Crippen molar-refractivity contribution in [1.29, 1.82) is 0 Å². The lowest BCUT2D eigenvalue weighted by atomic mass is 9.98. The molecule has 128 valence electrons. The van der Waals surface area contributed by atoms with E-state index in [-0.39, 0.29) is 12.0 Å². The molecule has 0 saturated carbocycles. The fourth-order valence-corrected chi connectivity index (χ4v) is 3.00. The van der Waals surface area contributed by atoms with Gasteiger partial charge in [-0.05, 0) is 25.0 Å². The molecule has 1 aliphatic heterocycles. The van der Waals surface area contributed by atoms with Crippen molar-refractivity contribution in [1.82, 2.24) is 5.01 Å². The van der Waals surface area contributed by atoms with Crippen LogP contribution in [0.4, 0.5) is 0 Å². The Hall–Kier alpha value is -2.88. The number of nitrogens with zero attached hydrogens (tertiary/aromatic N) is 2. The Morgan fingerprint density at radius 2 is 1.80 bits per heavy atom. The Bertz CT molecular complexity index is 782. The smallest absolute Gasteiger partial charge is 0.332 e. The van der Waals surface area contributed by atoms with E-state index in [0.29, 0.717) is 6.61 Å². The van der Waals surface area contributed by atoms with E-state index in [1.165, 1.54) is 11.6 Å². The highest BCUT2D eigenvalue weighted by Gasteiger charge is 2.29. The van der Waals surface area contributed by atoms with Gasteiger partial charge in [0.2, 0.25) is 0 Å². The third-order valence-electron chi connectivity index (χ3n) is 4.18. The number of benzene rings is 2. The summed E-state index contributed by atoms with van der Waals surface area (Å²) in [5.74, 6) is -0.338. The number of hydrazone groups is 1. The van der Waals surface area contributed by atoms with Gasteiger partial charge in [-0.3, -0.25) is 5.01 Å². The maximum atomic E-state index is 11.8. The van der Waals surface area contributed by atoms with Crippen molar-refractivity contribution in [2.24, 2.45) is 5.10 Å². The highest BCUT2D eigenvalue weighted by Crippen LogP contribution is 2.35. The Morgan fingerprint density at radius 1 is 1.16 bits per heavy atom. The SMILES string of the molecule is CCOC(=O)/C=C(/C)N1N=C(c2ccccc2)C[C@@H]1c1ccccc1. The average Bonchev–Trinajstić information content (AvgIpc) is 3.09. The van der Waals surface area contributed by atoms with Crippen LogP contribution in [-0.4, -0.2) is 23.3 Å². The van der Waals surface area contributed by atoms with E-state index in [0.717, 1.165) is 23.4 Å². The third kappa shape index (κ3) is 3.97. The Labute approximate surface area is 148 Å². The molecule has 0 aliphatic carbocycles. The first-order valence-corrected chi connectivity index (χ1v) is 8.51. The standard InChI is InChI=1S/C21H22N2O2/c1-3-25-21(24)14-16(2)23-20(18-12-8-5-9-13-18)15-19(22-23)17-10-6-4-7-11-17/h4-14,20H,3,15H2,1-2H3/b16-14-/t20-/m1/s1. The summed E-state index contributed by atoms with van der Waals surface area (Å²) in [6, 6.07) is 20.5. The molecule has 2 aromatic carbocycles. The predicted molar refractivity (Wildman–Crippen MR) is 99.0 cm³/mol. The lowest BCUT2D eigenvalue weighted by molar-refractivity contribution is -0.137. The van der Waals surface area contributed by atoms with Crippen molar-refractivity contribution in [3.05, 3.63) is 83.6 Å². The van der Waals surface area contributed by atoms with Crippen molar-refractivity contribution in [3.63, 3.8) is 0 Å². The van der Waals surface area contributed by atoms with Crippen LogP contribution in [0, 0.1) is 0 Å². The molecule has 4 nitrogen and oxygen atoms in total. The summed E-state index contributed by atoms with van der Waals surface area (Å²) in [5.41, 5.74) is 4.08. The van der Waals surface area contributed by atoms with Crippen molar-refractivity contribution in [2.45, 2.75) is 26.3 Å². The number of allylic oxidation sites excluding steroid dienone is 1. The topological polar surface area (TPSA) is 41.9 Å². The van der Waals surface area contributed by atoms with E-state index in [4.69, 9.17) is 9.84 Å². The van der Waals surface area contributed by atoms with Crippen LogP contribution < -0.4 is 0 Å². The lowest BCUT2D eigenvalue weighted by Crippen LogP contribution is -2.18. The number of hydrogen-bond acceptors (Lipinski definition) is 4. The first-order valence-electron chi connectivity index (χ1n) is 8.51. The van der Waals surface area contributed by atoms with Gasteiger partial charge in [0.1, 0.15) is 0 Å². The van der Waals surface area contributed by atoms with E-state index in [9.17, 15) is 4.79 Å². The van der Waals surface area contributed by atoms with E-state index in [2.05, 4.69) is 24.3 Å². The first-order chi connectivity index (χ1) is 12.2. The Morgan fingerprint density at radius 3 is 2.44 bits per heavy atom. The second kappa shape index (κ2) is 7.79. The summed E-state index contributed by atoms with van der Waals surface area (Å²) >= 11 is 0. The number of carbonyl (C=O) groups excluding carboxylic acids is 1. The van der Waals surface area contributed by atoms with Gasteiger partial charge in [-0.2, -0.15) is 5.10 Å². The molecule has 0 spiro atoms. The summed E-state index contributed by atoms with van der Waals surface area (Å²) in [6.45, 7) is 4.06. The zero-order valence-corrected chi connectivity index (χ0v) is 14.6. The number of ether oxygens (including phenoxy) is 1. The lowest BCUT2D eigenvalue weighted by Gasteiger charge is -2.24. The summed E-state index contributed by atoms with van der Waals surface area (Å²) in [5, 5.41) is 6.73. The minimum atomic E-state index is -0.338. The van der Waals surface area contributed by atoms with Crippen LogP contribution >= 0.6 is 0 Å². The summed E-state index contributed by atoms with van der Waals surface area (Å²) in [6.07, 6.45) is 2.30. The molecular formula is C21H22N2O2. The van der Waals surface area contributed by atoms with E-state index in [1.807, 2.05) is 48.3 Å². The molecule has 0 aromatic heterocycles. The molecule has 4 heteroatoms. The minimum absolute atomic E-state index is 0.0714. The number of carbonyl (C=O) groups is 1. The van der Waals surface area contributed by atoms with E-state index < -0.39 is 0 Å². The van der Waals surface area contributed by atoms with Gasteiger partial charge in [-0.25, -0.2) is 4.79 Å². The normalized spacial score (nSPS) is 17.4. The molecular weight excluding hydrogens is 312 g/mol.